The lowest BCUT2D eigenvalue weighted by Crippen LogP contribution is -2.27. The van der Waals surface area contributed by atoms with Gasteiger partial charge in [-0.1, -0.05) is 19.1 Å². The van der Waals surface area contributed by atoms with Crippen LogP contribution < -0.4 is 5.32 Å². The van der Waals surface area contributed by atoms with Crippen molar-refractivity contribution in [1.82, 2.24) is 15.3 Å². The van der Waals surface area contributed by atoms with E-state index >= 15 is 0 Å². The van der Waals surface area contributed by atoms with Gasteiger partial charge < -0.3 is 10.3 Å². The molecule has 0 atom stereocenters. The van der Waals surface area contributed by atoms with E-state index in [2.05, 4.69) is 22.2 Å². The number of thioether (sulfide) groups is 1. The van der Waals surface area contributed by atoms with Crippen LogP contribution in [0.15, 0.2) is 24.3 Å². The molecule has 5 heteroatoms. The van der Waals surface area contributed by atoms with Crippen LogP contribution in [0.1, 0.15) is 19.2 Å². The summed E-state index contributed by atoms with van der Waals surface area (Å²) in [6.45, 7) is 2.75. The predicted molar refractivity (Wildman–Crippen MR) is 80.4 cm³/mol. The van der Waals surface area contributed by atoms with Crippen LogP contribution in [-0.4, -0.2) is 33.9 Å². The number of carbonyl (C=O) groups is 1. The Morgan fingerprint density at radius 3 is 3.05 bits per heavy atom. The van der Waals surface area contributed by atoms with Crippen molar-refractivity contribution in [2.24, 2.45) is 0 Å². The lowest BCUT2D eigenvalue weighted by atomic mass is 10.3. The Bertz CT molecular complexity index is 505. The number of amides is 1. The largest absolute Gasteiger partial charge is 0.355 e. The molecule has 4 nitrogen and oxygen atoms in total. The van der Waals surface area contributed by atoms with Gasteiger partial charge in [-0.3, -0.25) is 4.79 Å². The van der Waals surface area contributed by atoms with Crippen molar-refractivity contribution >= 4 is 28.7 Å². The number of carbonyl (C=O) groups excluding carboxylic acids is 1. The van der Waals surface area contributed by atoms with Gasteiger partial charge in [0.2, 0.25) is 5.91 Å². The van der Waals surface area contributed by atoms with E-state index in [1.165, 1.54) is 0 Å². The zero-order valence-corrected chi connectivity index (χ0v) is 11.9. The van der Waals surface area contributed by atoms with E-state index in [1.807, 2.05) is 24.3 Å². The number of fused-ring (bicyclic) bond motifs is 1. The number of hydrogen-bond donors (Lipinski definition) is 2. The summed E-state index contributed by atoms with van der Waals surface area (Å²) < 4.78 is 0. The first-order valence-corrected chi connectivity index (χ1v) is 7.73. The minimum Gasteiger partial charge on any atom is -0.355 e. The summed E-state index contributed by atoms with van der Waals surface area (Å²) >= 11 is 1.68. The molecule has 1 amide bonds. The number of nitrogens with one attached hydrogen (secondary N) is 2. The third-order valence-electron chi connectivity index (χ3n) is 2.70. The maximum absolute atomic E-state index is 11.5. The van der Waals surface area contributed by atoms with E-state index in [-0.39, 0.29) is 5.91 Å². The van der Waals surface area contributed by atoms with Crippen LogP contribution in [0.2, 0.25) is 0 Å². The van der Waals surface area contributed by atoms with Crippen LogP contribution in [0.4, 0.5) is 0 Å². The fourth-order valence-corrected chi connectivity index (χ4v) is 2.53. The van der Waals surface area contributed by atoms with Gasteiger partial charge in [-0.15, -0.1) is 0 Å². The van der Waals surface area contributed by atoms with Crippen molar-refractivity contribution < 1.29 is 4.79 Å². The monoisotopic (exact) mass is 277 g/mol. The Balaban J connectivity index is 1.74. The van der Waals surface area contributed by atoms with Gasteiger partial charge in [-0.2, -0.15) is 11.8 Å². The highest BCUT2D eigenvalue weighted by atomic mass is 32.2. The minimum absolute atomic E-state index is 0.106. The Morgan fingerprint density at radius 2 is 2.26 bits per heavy atom. The molecule has 19 heavy (non-hydrogen) atoms. The molecule has 0 aliphatic carbocycles. The minimum atomic E-state index is 0.106. The molecule has 0 radical (unpaired) electrons. The van der Waals surface area contributed by atoms with Gasteiger partial charge in [-0.05, 0) is 24.3 Å². The second kappa shape index (κ2) is 7.19. The summed E-state index contributed by atoms with van der Waals surface area (Å²) in [4.78, 5) is 19.2. The molecule has 0 aliphatic heterocycles. The Morgan fingerprint density at radius 1 is 1.42 bits per heavy atom. The maximum atomic E-state index is 11.5. The number of benzene rings is 1. The van der Waals surface area contributed by atoms with Crippen molar-refractivity contribution in [3.8, 4) is 0 Å². The smallest absolute Gasteiger partial charge is 0.230 e. The van der Waals surface area contributed by atoms with E-state index in [4.69, 9.17) is 0 Å². The normalized spacial score (nSPS) is 10.8. The molecule has 2 N–H and O–H groups in total. The quantitative estimate of drug-likeness (QED) is 0.764. The van der Waals surface area contributed by atoms with Gasteiger partial charge in [0.05, 0.1) is 16.8 Å². The van der Waals surface area contributed by atoms with Crippen molar-refractivity contribution in [2.75, 3.05) is 18.1 Å². The van der Waals surface area contributed by atoms with Crippen LogP contribution >= 0.6 is 11.8 Å². The van der Waals surface area contributed by atoms with Crippen LogP contribution in [0.3, 0.4) is 0 Å². The van der Waals surface area contributed by atoms with Gasteiger partial charge in [0, 0.05) is 13.0 Å². The number of aromatic amines is 1. The lowest BCUT2D eigenvalue weighted by Gasteiger charge is -2.03. The molecule has 102 valence electrons. The summed E-state index contributed by atoms with van der Waals surface area (Å²) in [6, 6.07) is 7.94. The fraction of sp³-hybridized carbons (Fsp3) is 0.429. The molecular weight excluding hydrogens is 258 g/mol. The first kappa shape index (κ1) is 13.9. The average Bonchev–Trinajstić information content (AvgIpc) is 2.81. The molecule has 0 fully saturated rings. The van der Waals surface area contributed by atoms with Gasteiger partial charge in [0.25, 0.3) is 0 Å². The number of H-pyrrole nitrogens is 1. The highest BCUT2D eigenvalue weighted by molar-refractivity contribution is 7.99. The zero-order valence-electron chi connectivity index (χ0n) is 11.1. The highest BCUT2D eigenvalue weighted by Gasteiger charge is 2.03. The standard InChI is InChI=1S/C14H19N3OS/c1-2-9-19-10-14(18)15-8-7-13-16-11-5-3-4-6-12(11)17-13/h3-6H,2,7-10H2,1H3,(H,15,18)(H,16,17). The summed E-state index contributed by atoms with van der Waals surface area (Å²) in [5.74, 6) is 2.61. The lowest BCUT2D eigenvalue weighted by molar-refractivity contribution is -0.118. The van der Waals surface area contributed by atoms with Gasteiger partial charge in [-0.25, -0.2) is 4.98 Å². The van der Waals surface area contributed by atoms with E-state index < -0.39 is 0 Å². The number of hydrogen-bond acceptors (Lipinski definition) is 3. The van der Waals surface area contributed by atoms with E-state index in [1.54, 1.807) is 11.8 Å². The Kier molecular flexibility index (Phi) is 5.27. The van der Waals surface area contributed by atoms with Crippen LogP contribution in [0.25, 0.3) is 11.0 Å². The van der Waals surface area contributed by atoms with Gasteiger partial charge in [0.1, 0.15) is 5.82 Å². The van der Waals surface area contributed by atoms with Crippen molar-refractivity contribution in [1.29, 1.82) is 0 Å². The maximum Gasteiger partial charge on any atom is 0.230 e. The summed E-state index contributed by atoms with van der Waals surface area (Å²) in [5, 5.41) is 2.91. The second-order valence-electron chi connectivity index (χ2n) is 4.35. The molecule has 1 aromatic carbocycles. The molecule has 1 aromatic heterocycles. The molecule has 0 bridgehead atoms. The van der Waals surface area contributed by atoms with E-state index in [0.717, 1.165) is 35.5 Å². The summed E-state index contributed by atoms with van der Waals surface area (Å²) in [5.41, 5.74) is 2.02. The summed E-state index contributed by atoms with van der Waals surface area (Å²) in [7, 11) is 0. The SMILES string of the molecule is CCCSCC(=O)NCCc1nc2ccccc2[nH]1. The van der Waals surface area contributed by atoms with Gasteiger partial charge in [0.15, 0.2) is 0 Å². The average molecular weight is 277 g/mol. The number of aromatic nitrogens is 2. The third kappa shape index (κ3) is 4.28. The van der Waals surface area contributed by atoms with Crippen LogP contribution in [-0.2, 0) is 11.2 Å². The fourth-order valence-electron chi connectivity index (χ4n) is 1.80. The predicted octanol–water partition coefficient (Wildman–Crippen LogP) is 2.36. The van der Waals surface area contributed by atoms with Crippen molar-refractivity contribution in [3.05, 3.63) is 30.1 Å². The Hall–Kier alpha value is -1.49. The molecule has 2 rings (SSSR count). The van der Waals surface area contributed by atoms with E-state index in [9.17, 15) is 4.79 Å². The number of imidazole rings is 1. The highest BCUT2D eigenvalue weighted by Crippen LogP contribution is 2.10. The molecule has 2 aromatic rings. The van der Waals surface area contributed by atoms with E-state index in [0.29, 0.717) is 12.3 Å². The number of rotatable bonds is 7. The van der Waals surface area contributed by atoms with Crippen molar-refractivity contribution in [3.63, 3.8) is 0 Å². The molecular formula is C14H19N3OS. The van der Waals surface area contributed by atoms with Crippen molar-refractivity contribution in [2.45, 2.75) is 19.8 Å². The molecule has 0 spiro atoms. The summed E-state index contributed by atoms with van der Waals surface area (Å²) in [6.07, 6.45) is 1.84. The topological polar surface area (TPSA) is 57.8 Å². The molecule has 0 saturated carbocycles. The molecule has 0 aliphatic rings. The zero-order chi connectivity index (χ0) is 13.5. The van der Waals surface area contributed by atoms with Gasteiger partial charge >= 0.3 is 0 Å². The number of nitrogens with zero attached hydrogens (tertiary/aromatic N) is 1. The molecule has 0 saturated heterocycles. The first-order valence-electron chi connectivity index (χ1n) is 6.57. The second-order valence-corrected chi connectivity index (χ2v) is 5.46. The molecule has 0 unspecified atom stereocenters. The third-order valence-corrected chi connectivity index (χ3v) is 3.87. The Labute approximate surface area is 117 Å². The molecule has 1 heterocycles. The van der Waals surface area contributed by atoms with Crippen LogP contribution in [0.5, 0.6) is 0 Å². The number of para-hydroxylation sites is 2. The first-order chi connectivity index (χ1) is 9.29. The van der Waals surface area contributed by atoms with Crippen LogP contribution in [0, 0.1) is 0 Å².